The highest BCUT2D eigenvalue weighted by molar-refractivity contribution is 5.73. The average Bonchev–Trinajstić information content (AvgIpc) is 2.74. The number of carbonyl (C=O) groups is 1. The van der Waals surface area contributed by atoms with Crippen LogP contribution in [0.15, 0.2) is 42.5 Å². The van der Waals surface area contributed by atoms with Gasteiger partial charge in [0.05, 0.1) is 0 Å². The fourth-order valence-electron chi connectivity index (χ4n) is 4.36. The van der Waals surface area contributed by atoms with E-state index >= 15 is 0 Å². The molecule has 0 heterocycles. The molecule has 0 amide bonds. The lowest BCUT2D eigenvalue weighted by molar-refractivity contribution is -0.134. The summed E-state index contributed by atoms with van der Waals surface area (Å²) in [7, 11) is 0. The monoisotopic (exact) mass is 392 g/mol. The number of hydrogen-bond donors (Lipinski definition) is 0. The fourth-order valence-corrected chi connectivity index (χ4v) is 4.36. The second kappa shape index (κ2) is 10.6. The summed E-state index contributed by atoms with van der Waals surface area (Å²) in [5.74, 6) is 2.18. The summed E-state index contributed by atoms with van der Waals surface area (Å²) < 4.78 is 5.46. The molecule has 0 saturated carbocycles. The second-order valence-corrected chi connectivity index (χ2v) is 8.80. The number of hydrogen-bond acceptors (Lipinski definition) is 2. The summed E-state index contributed by atoms with van der Waals surface area (Å²) in [6.07, 6.45) is 9.96. The minimum atomic E-state index is -0.132. The van der Waals surface area contributed by atoms with Crippen LogP contribution >= 0.6 is 0 Å². The van der Waals surface area contributed by atoms with Crippen LogP contribution in [0.1, 0.15) is 76.8 Å². The molecule has 2 heteroatoms. The number of aryl methyl sites for hydroxylation is 1. The molecule has 0 N–H and O–H groups in total. The molecule has 1 aliphatic carbocycles. The van der Waals surface area contributed by atoms with Crippen LogP contribution in [0.5, 0.6) is 5.75 Å². The van der Waals surface area contributed by atoms with Crippen LogP contribution in [0, 0.1) is 11.8 Å². The van der Waals surface area contributed by atoms with Gasteiger partial charge in [-0.15, -0.1) is 0 Å². The van der Waals surface area contributed by atoms with E-state index in [1.165, 1.54) is 54.4 Å². The number of ether oxygens (including phenoxy) is 1. The van der Waals surface area contributed by atoms with Gasteiger partial charge in [-0.1, -0.05) is 70.4 Å². The summed E-state index contributed by atoms with van der Waals surface area (Å²) >= 11 is 0. The Hall–Kier alpha value is -2.09. The molecule has 0 aromatic heterocycles. The van der Waals surface area contributed by atoms with Crippen molar-refractivity contribution < 1.29 is 9.53 Å². The molecule has 0 radical (unpaired) electrons. The van der Waals surface area contributed by atoms with Crippen molar-refractivity contribution in [2.75, 3.05) is 0 Å². The van der Waals surface area contributed by atoms with Gasteiger partial charge in [-0.05, 0) is 78.3 Å². The molecule has 0 saturated heterocycles. The van der Waals surface area contributed by atoms with Crippen molar-refractivity contribution in [2.45, 2.75) is 78.6 Å². The normalized spacial score (nSPS) is 16.9. The Bertz CT molecular complexity index is 791. The van der Waals surface area contributed by atoms with Gasteiger partial charge < -0.3 is 4.74 Å². The lowest BCUT2D eigenvalue weighted by atomic mass is 9.78. The van der Waals surface area contributed by atoms with Gasteiger partial charge in [-0.3, -0.25) is 4.79 Å². The van der Waals surface area contributed by atoms with Gasteiger partial charge in [0.25, 0.3) is 0 Å². The van der Waals surface area contributed by atoms with E-state index in [-0.39, 0.29) is 5.97 Å². The van der Waals surface area contributed by atoms with Crippen molar-refractivity contribution in [3.05, 3.63) is 53.6 Å². The van der Waals surface area contributed by atoms with Gasteiger partial charge in [0, 0.05) is 6.42 Å². The van der Waals surface area contributed by atoms with Gasteiger partial charge in [-0.2, -0.15) is 0 Å². The highest BCUT2D eigenvalue weighted by Crippen LogP contribution is 2.33. The lowest BCUT2D eigenvalue weighted by Crippen LogP contribution is -2.16. The smallest absolute Gasteiger partial charge is 0.311 e. The Labute approximate surface area is 176 Å². The van der Waals surface area contributed by atoms with E-state index < -0.39 is 0 Å². The predicted molar refractivity (Wildman–Crippen MR) is 121 cm³/mol. The van der Waals surface area contributed by atoms with E-state index in [0.717, 1.165) is 31.1 Å². The maximum absolute atomic E-state index is 11.9. The number of benzene rings is 2. The molecule has 29 heavy (non-hydrogen) atoms. The minimum absolute atomic E-state index is 0.132. The van der Waals surface area contributed by atoms with Crippen molar-refractivity contribution in [1.82, 2.24) is 0 Å². The van der Waals surface area contributed by atoms with E-state index in [1.54, 1.807) is 0 Å². The van der Waals surface area contributed by atoms with Crippen LogP contribution in [-0.4, -0.2) is 5.97 Å². The first-order valence-electron chi connectivity index (χ1n) is 11.5. The second-order valence-electron chi connectivity index (χ2n) is 8.80. The minimum Gasteiger partial charge on any atom is -0.427 e. The highest BCUT2D eigenvalue weighted by atomic mass is 16.5. The first-order chi connectivity index (χ1) is 14.1. The fraction of sp³-hybridized carbons (Fsp3) is 0.519. The third kappa shape index (κ3) is 6.19. The average molecular weight is 393 g/mol. The summed E-state index contributed by atoms with van der Waals surface area (Å²) in [5, 5.41) is 0. The molecule has 0 aliphatic heterocycles. The third-order valence-electron chi connectivity index (χ3n) is 6.37. The first kappa shape index (κ1) is 21.6. The Morgan fingerprint density at radius 2 is 1.79 bits per heavy atom. The van der Waals surface area contributed by atoms with Gasteiger partial charge in [0.2, 0.25) is 0 Å². The zero-order valence-electron chi connectivity index (χ0n) is 18.4. The molecule has 156 valence electrons. The number of unbranched alkanes of at least 4 members (excludes halogenated alkanes) is 2. The van der Waals surface area contributed by atoms with Crippen LogP contribution in [0.4, 0.5) is 0 Å². The largest absolute Gasteiger partial charge is 0.427 e. The standard InChI is InChI=1S/C27H36O2/c1-4-6-7-8-27(28)29-26-15-13-22(14-16-26)24-12-11-23-18-21(17-20(3)5-2)9-10-25(23)19-24/h11-16,19-21H,4-10,17-18H2,1-3H3. The van der Waals surface area contributed by atoms with Crippen LogP contribution < -0.4 is 4.74 Å². The lowest BCUT2D eigenvalue weighted by Gasteiger charge is -2.27. The molecule has 2 nitrogen and oxygen atoms in total. The summed E-state index contributed by atoms with van der Waals surface area (Å²) in [4.78, 5) is 11.9. The molecule has 2 aromatic carbocycles. The quantitative estimate of drug-likeness (QED) is 0.253. The molecular formula is C27H36O2. The summed E-state index contributed by atoms with van der Waals surface area (Å²) in [5.41, 5.74) is 5.48. The Kier molecular flexibility index (Phi) is 7.91. The Balaban J connectivity index is 1.61. The maximum Gasteiger partial charge on any atom is 0.311 e. The Morgan fingerprint density at radius 3 is 2.52 bits per heavy atom. The molecule has 2 unspecified atom stereocenters. The summed E-state index contributed by atoms with van der Waals surface area (Å²) in [6, 6.07) is 14.9. The highest BCUT2D eigenvalue weighted by Gasteiger charge is 2.20. The maximum atomic E-state index is 11.9. The molecule has 0 spiro atoms. The van der Waals surface area contributed by atoms with Crippen molar-refractivity contribution >= 4 is 5.97 Å². The van der Waals surface area contributed by atoms with Crippen molar-refractivity contribution in [2.24, 2.45) is 11.8 Å². The van der Waals surface area contributed by atoms with E-state index in [4.69, 9.17) is 4.74 Å². The predicted octanol–water partition coefficient (Wildman–Crippen LogP) is 7.38. The van der Waals surface area contributed by atoms with Crippen LogP contribution in [-0.2, 0) is 17.6 Å². The van der Waals surface area contributed by atoms with Crippen molar-refractivity contribution in [3.63, 3.8) is 0 Å². The van der Waals surface area contributed by atoms with Gasteiger partial charge in [-0.25, -0.2) is 0 Å². The van der Waals surface area contributed by atoms with E-state index in [1.807, 2.05) is 12.1 Å². The molecule has 3 rings (SSSR count). The van der Waals surface area contributed by atoms with Crippen LogP contribution in [0.25, 0.3) is 11.1 Å². The number of fused-ring (bicyclic) bond motifs is 1. The van der Waals surface area contributed by atoms with Gasteiger partial charge in [0.15, 0.2) is 0 Å². The van der Waals surface area contributed by atoms with E-state index in [0.29, 0.717) is 12.2 Å². The molecule has 0 bridgehead atoms. The van der Waals surface area contributed by atoms with Gasteiger partial charge >= 0.3 is 5.97 Å². The van der Waals surface area contributed by atoms with E-state index in [2.05, 4.69) is 51.1 Å². The molecule has 2 aromatic rings. The van der Waals surface area contributed by atoms with Gasteiger partial charge in [0.1, 0.15) is 5.75 Å². The van der Waals surface area contributed by atoms with Crippen molar-refractivity contribution in [3.8, 4) is 16.9 Å². The summed E-state index contributed by atoms with van der Waals surface area (Å²) in [6.45, 7) is 6.81. The molecule has 2 atom stereocenters. The Morgan fingerprint density at radius 1 is 1.03 bits per heavy atom. The number of carbonyl (C=O) groups excluding carboxylic acids is 1. The third-order valence-corrected chi connectivity index (χ3v) is 6.37. The van der Waals surface area contributed by atoms with Crippen LogP contribution in [0.3, 0.4) is 0 Å². The molecule has 0 fully saturated rings. The molecule has 1 aliphatic rings. The van der Waals surface area contributed by atoms with E-state index in [9.17, 15) is 4.79 Å². The van der Waals surface area contributed by atoms with Crippen molar-refractivity contribution in [1.29, 1.82) is 0 Å². The zero-order valence-corrected chi connectivity index (χ0v) is 18.4. The van der Waals surface area contributed by atoms with Crippen LogP contribution in [0.2, 0.25) is 0 Å². The number of rotatable bonds is 9. The zero-order chi connectivity index (χ0) is 20.6. The number of esters is 1. The molecular weight excluding hydrogens is 356 g/mol. The topological polar surface area (TPSA) is 26.3 Å². The first-order valence-corrected chi connectivity index (χ1v) is 11.5. The SMILES string of the molecule is CCCCCC(=O)Oc1ccc(-c2ccc3c(c2)CCC(CC(C)CC)C3)cc1.